The van der Waals surface area contributed by atoms with Crippen LogP contribution in [0, 0.1) is 0 Å². The van der Waals surface area contributed by atoms with Crippen molar-refractivity contribution in [2.24, 2.45) is 0 Å². The van der Waals surface area contributed by atoms with Gasteiger partial charge in [-0.15, -0.1) is 0 Å². The van der Waals surface area contributed by atoms with Gasteiger partial charge in [-0.2, -0.15) is 0 Å². The van der Waals surface area contributed by atoms with Crippen LogP contribution in [0.15, 0.2) is 36.4 Å². The number of benzene rings is 1. The van der Waals surface area contributed by atoms with Crippen molar-refractivity contribution in [2.75, 3.05) is 0 Å². The number of para-hydroxylation sites is 1. The second kappa shape index (κ2) is 5.93. The number of aliphatic carboxylic acids is 1. The van der Waals surface area contributed by atoms with Crippen molar-refractivity contribution < 1.29 is 14.1 Å². The normalized spacial score (nSPS) is 14.2. The van der Waals surface area contributed by atoms with Gasteiger partial charge in [-0.05, 0) is 18.6 Å². The lowest BCUT2D eigenvalue weighted by molar-refractivity contribution is -0.136. The highest BCUT2D eigenvalue weighted by Crippen LogP contribution is 2.14. The topological polar surface area (TPSA) is 67.3 Å². The Balaban J connectivity index is 2.21. The molecule has 5 heteroatoms. The fraction of sp³-hybridized carbons (Fsp3) is 0.286. The third-order valence-corrected chi connectivity index (χ3v) is 4.66. The number of carbonyl (C=O) groups is 1. The van der Waals surface area contributed by atoms with Crippen molar-refractivity contribution in [1.29, 1.82) is 0 Å². The first-order valence-electron chi connectivity index (χ1n) is 6.06. The Labute approximate surface area is 113 Å². The highest BCUT2D eigenvalue weighted by molar-refractivity contribution is 7.85. The molecule has 0 radical (unpaired) electrons. The van der Waals surface area contributed by atoms with Crippen LogP contribution in [0.5, 0.6) is 0 Å². The van der Waals surface area contributed by atoms with Gasteiger partial charge in [-0.25, -0.2) is 0 Å². The summed E-state index contributed by atoms with van der Waals surface area (Å²) in [6, 6.07) is 11.4. The summed E-state index contributed by atoms with van der Waals surface area (Å²) in [5, 5.41) is 9.17. The zero-order valence-corrected chi connectivity index (χ0v) is 11.4. The maximum absolute atomic E-state index is 12.0. The zero-order valence-electron chi connectivity index (χ0n) is 10.6. The lowest BCUT2D eigenvalue weighted by Crippen LogP contribution is -2.25. The largest absolute Gasteiger partial charge is 0.480 e. The molecule has 4 nitrogen and oxygen atoms in total. The maximum Gasteiger partial charge on any atom is 0.319 e. The number of carboxylic acids is 1. The van der Waals surface area contributed by atoms with E-state index in [1.54, 1.807) is 13.0 Å². The molecule has 0 saturated heterocycles. The van der Waals surface area contributed by atoms with Gasteiger partial charge in [0.1, 0.15) is 5.25 Å². The summed E-state index contributed by atoms with van der Waals surface area (Å²) in [7, 11) is -1.44. The van der Waals surface area contributed by atoms with E-state index in [0.717, 1.165) is 10.9 Å². The quantitative estimate of drug-likeness (QED) is 0.911. The lowest BCUT2D eigenvalue weighted by Gasteiger charge is -2.09. The van der Waals surface area contributed by atoms with Crippen molar-refractivity contribution in [3.63, 3.8) is 0 Å². The summed E-state index contributed by atoms with van der Waals surface area (Å²) in [5.41, 5.74) is 1.50. The number of fused-ring (bicyclic) bond motifs is 1. The van der Waals surface area contributed by atoms with Gasteiger partial charge in [0.15, 0.2) is 0 Å². The van der Waals surface area contributed by atoms with Crippen LogP contribution in [0.25, 0.3) is 10.9 Å². The second-order valence-corrected chi connectivity index (χ2v) is 5.87. The molecule has 19 heavy (non-hydrogen) atoms. The monoisotopic (exact) mass is 277 g/mol. The number of nitrogens with zero attached hydrogens (tertiary/aromatic N) is 1. The van der Waals surface area contributed by atoms with E-state index in [0.29, 0.717) is 12.1 Å². The average Bonchev–Trinajstić information content (AvgIpc) is 2.39. The van der Waals surface area contributed by atoms with Gasteiger partial charge in [-0.1, -0.05) is 31.2 Å². The van der Waals surface area contributed by atoms with Crippen LogP contribution in [-0.4, -0.2) is 25.5 Å². The SMILES string of the molecule is CCC(C(=O)O)S(=O)Cc1ccc2ccccc2n1. The van der Waals surface area contributed by atoms with Gasteiger partial charge in [0, 0.05) is 16.2 Å². The van der Waals surface area contributed by atoms with Crippen LogP contribution in [0.1, 0.15) is 19.0 Å². The van der Waals surface area contributed by atoms with Crippen LogP contribution < -0.4 is 0 Å². The summed E-state index contributed by atoms with van der Waals surface area (Å²) in [4.78, 5) is 15.4. The summed E-state index contributed by atoms with van der Waals surface area (Å²) >= 11 is 0. The summed E-state index contributed by atoms with van der Waals surface area (Å²) < 4.78 is 12.0. The first-order chi connectivity index (χ1) is 9.11. The third-order valence-electron chi connectivity index (χ3n) is 2.91. The number of hydrogen-bond acceptors (Lipinski definition) is 3. The van der Waals surface area contributed by atoms with Gasteiger partial charge >= 0.3 is 5.97 Å². The van der Waals surface area contributed by atoms with Crippen LogP contribution in [0.3, 0.4) is 0 Å². The molecule has 2 rings (SSSR count). The van der Waals surface area contributed by atoms with Crippen molar-refractivity contribution in [3.8, 4) is 0 Å². The average molecular weight is 277 g/mol. The predicted octanol–water partition coefficient (Wildman–Crippen LogP) is 2.35. The Kier molecular flexibility index (Phi) is 4.27. The van der Waals surface area contributed by atoms with Gasteiger partial charge in [0.05, 0.1) is 17.0 Å². The molecule has 0 fully saturated rings. The Bertz CT molecular complexity index is 627. The zero-order chi connectivity index (χ0) is 13.8. The van der Waals surface area contributed by atoms with Crippen molar-refractivity contribution in [1.82, 2.24) is 4.98 Å². The van der Waals surface area contributed by atoms with Crippen LogP contribution in [0.4, 0.5) is 0 Å². The smallest absolute Gasteiger partial charge is 0.319 e. The second-order valence-electron chi connectivity index (χ2n) is 4.26. The number of hydrogen-bond donors (Lipinski definition) is 1. The van der Waals surface area contributed by atoms with Gasteiger partial charge in [0.2, 0.25) is 0 Å². The molecule has 0 amide bonds. The van der Waals surface area contributed by atoms with E-state index in [9.17, 15) is 9.00 Å². The van der Waals surface area contributed by atoms with E-state index in [2.05, 4.69) is 4.98 Å². The van der Waals surface area contributed by atoms with Gasteiger partial charge in [-0.3, -0.25) is 14.0 Å². The molecule has 1 heterocycles. The first kappa shape index (κ1) is 13.7. The maximum atomic E-state index is 12.0. The molecule has 0 bridgehead atoms. The molecule has 1 aromatic heterocycles. The molecular weight excluding hydrogens is 262 g/mol. The van der Waals surface area contributed by atoms with E-state index >= 15 is 0 Å². The van der Waals surface area contributed by atoms with E-state index in [1.165, 1.54) is 0 Å². The predicted molar refractivity (Wildman–Crippen MR) is 75.3 cm³/mol. The number of carboxylic acid groups (broad SMARTS) is 1. The van der Waals surface area contributed by atoms with Crippen LogP contribution >= 0.6 is 0 Å². The Hall–Kier alpha value is -1.75. The standard InChI is InChI=1S/C14H15NO3S/c1-2-13(14(16)17)19(18)9-11-8-7-10-5-3-4-6-12(10)15-11/h3-8,13H,2,9H2,1H3,(H,16,17). The minimum absolute atomic E-state index is 0.176. The Morgan fingerprint density at radius 2 is 2.05 bits per heavy atom. The summed E-state index contributed by atoms with van der Waals surface area (Å²) in [6.45, 7) is 1.73. The summed E-state index contributed by atoms with van der Waals surface area (Å²) in [6.07, 6.45) is 0.357. The number of rotatable bonds is 5. The molecule has 0 spiro atoms. The van der Waals surface area contributed by atoms with Crippen molar-refractivity contribution in [2.45, 2.75) is 24.3 Å². The van der Waals surface area contributed by atoms with Crippen molar-refractivity contribution >= 4 is 27.7 Å². The van der Waals surface area contributed by atoms with Crippen LogP contribution in [-0.2, 0) is 21.3 Å². The number of pyridine rings is 1. The highest BCUT2D eigenvalue weighted by atomic mass is 32.2. The minimum atomic E-state index is -1.44. The molecule has 2 aromatic rings. The third kappa shape index (κ3) is 3.17. The van der Waals surface area contributed by atoms with E-state index in [-0.39, 0.29) is 5.75 Å². The molecule has 0 aliphatic rings. The molecule has 1 N–H and O–H groups in total. The molecule has 1 aromatic carbocycles. The highest BCUT2D eigenvalue weighted by Gasteiger charge is 2.22. The molecule has 0 aliphatic carbocycles. The fourth-order valence-corrected chi connectivity index (χ4v) is 3.16. The molecule has 2 atom stereocenters. The molecule has 0 saturated carbocycles. The minimum Gasteiger partial charge on any atom is -0.480 e. The Morgan fingerprint density at radius 3 is 2.74 bits per heavy atom. The van der Waals surface area contributed by atoms with E-state index < -0.39 is 22.0 Å². The van der Waals surface area contributed by atoms with Crippen molar-refractivity contribution in [3.05, 3.63) is 42.1 Å². The molecule has 2 unspecified atom stereocenters. The van der Waals surface area contributed by atoms with E-state index in [4.69, 9.17) is 5.11 Å². The first-order valence-corrected chi connectivity index (χ1v) is 7.44. The molecular formula is C14H15NO3S. The summed E-state index contributed by atoms with van der Waals surface area (Å²) in [5.74, 6) is -0.836. The molecule has 100 valence electrons. The fourth-order valence-electron chi connectivity index (χ4n) is 1.91. The molecule has 0 aliphatic heterocycles. The number of aromatic nitrogens is 1. The lowest BCUT2D eigenvalue weighted by atomic mass is 10.2. The van der Waals surface area contributed by atoms with Crippen LogP contribution in [0.2, 0.25) is 0 Å². The Morgan fingerprint density at radius 1 is 1.32 bits per heavy atom. The van der Waals surface area contributed by atoms with Gasteiger partial charge < -0.3 is 5.11 Å². The van der Waals surface area contributed by atoms with E-state index in [1.807, 2.05) is 30.3 Å². The van der Waals surface area contributed by atoms with Gasteiger partial charge in [0.25, 0.3) is 0 Å².